The minimum Gasteiger partial charge on any atom is -0.312 e. The van der Waals surface area contributed by atoms with Crippen molar-refractivity contribution in [3.8, 4) is 0 Å². The molecule has 0 aliphatic heterocycles. The summed E-state index contributed by atoms with van der Waals surface area (Å²) < 4.78 is 0. The van der Waals surface area contributed by atoms with Crippen molar-refractivity contribution in [2.75, 3.05) is 6.54 Å². The first-order chi connectivity index (χ1) is 9.56. The van der Waals surface area contributed by atoms with Crippen LogP contribution in [0, 0.1) is 0 Å². The van der Waals surface area contributed by atoms with Crippen LogP contribution in [0.4, 0.5) is 0 Å². The molecule has 0 unspecified atom stereocenters. The minimum absolute atomic E-state index is 0.645. The number of hydrogen-bond acceptors (Lipinski definition) is 1. The van der Waals surface area contributed by atoms with Gasteiger partial charge in [0, 0.05) is 26.6 Å². The molecule has 0 atom stereocenters. The maximum Gasteiger partial charge on any atom is 0.0465 e. The molecule has 5 heteroatoms. The van der Waals surface area contributed by atoms with Crippen molar-refractivity contribution in [2.45, 2.75) is 13.0 Å². The standard InChI is InChI=1S/C15H13Cl4N/c16-12-3-1-10(14(18)7-12)5-6-20-9-11-2-4-13(17)8-15(11)19/h1-4,7-8,20H,5-6,9H2. The molecule has 2 aromatic carbocycles. The molecule has 106 valence electrons. The van der Waals surface area contributed by atoms with E-state index in [1.165, 1.54) is 0 Å². The van der Waals surface area contributed by atoms with Crippen LogP contribution < -0.4 is 5.32 Å². The van der Waals surface area contributed by atoms with Crippen LogP contribution >= 0.6 is 46.4 Å². The van der Waals surface area contributed by atoms with Crippen molar-refractivity contribution in [3.63, 3.8) is 0 Å². The van der Waals surface area contributed by atoms with Crippen LogP contribution in [0.3, 0.4) is 0 Å². The van der Waals surface area contributed by atoms with E-state index in [9.17, 15) is 0 Å². The number of halogens is 4. The Labute approximate surface area is 138 Å². The number of nitrogens with one attached hydrogen (secondary N) is 1. The van der Waals surface area contributed by atoms with Gasteiger partial charge in [-0.1, -0.05) is 58.5 Å². The molecule has 0 aromatic heterocycles. The van der Waals surface area contributed by atoms with E-state index in [0.29, 0.717) is 26.6 Å². The lowest BCUT2D eigenvalue weighted by atomic mass is 10.1. The van der Waals surface area contributed by atoms with Gasteiger partial charge >= 0.3 is 0 Å². The Bertz CT molecular complexity index is 545. The lowest BCUT2D eigenvalue weighted by molar-refractivity contribution is 0.687. The first-order valence-corrected chi connectivity index (χ1v) is 7.66. The van der Waals surface area contributed by atoms with Crippen molar-refractivity contribution >= 4 is 46.4 Å². The van der Waals surface area contributed by atoms with E-state index in [1.807, 2.05) is 24.3 Å². The topological polar surface area (TPSA) is 12.0 Å². The second kappa shape index (κ2) is 7.53. The predicted octanol–water partition coefficient (Wildman–Crippen LogP) is 5.63. The van der Waals surface area contributed by atoms with E-state index < -0.39 is 0 Å². The lowest BCUT2D eigenvalue weighted by Gasteiger charge is -2.08. The average Bonchev–Trinajstić information content (AvgIpc) is 2.39. The monoisotopic (exact) mass is 347 g/mol. The van der Waals surface area contributed by atoms with Gasteiger partial charge in [0.05, 0.1) is 0 Å². The van der Waals surface area contributed by atoms with Crippen LogP contribution in [-0.4, -0.2) is 6.54 Å². The molecule has 0 aliphatic rings. The summed E-state index contributed by atoms with van der Waals surface area (Å²) in [5, 5.41) is 6.00. The van der Waals surface area contributed by atoms with E-state index in [4.69, 9.17) is 46.4 Å². The molecule has 0 fully saturated rings. The fraction of sp³-hybridized carbons (Fsp3) is 0.200. The Morgan fingerprint density at radius 3 is 1.85 bits per heavy atom. The van der Waals surface area contributed by atoms with Crippen LogP contribution in [0.5, 0.6) is 0 Å². The largest absolute Gasteiger partial charge is 0.312 e. The first-order valence-electron chi connectivity index (χ1n) is 6.15. The van der Waals surface area contributed by atoms with Gasteiger partial charge in [-0.2, -0.15) is 0 Å². The van der Waals surface area contributed by atoms with Crippen molar-refractivity contribution in [1.82, 2.24) is 5.32 Å². The molecule has 0 spiro atoms. The van der Waals surface area contributed by atoms with Gasteiger partial charge in [0.2, 0.25) is 0 Å². The fourth-order valence-electron chi connectivity index (χ4n) is 1.84. The predicted molar refractivity (Wildman–Crippen MR) is 88.3 cm³/mol. The molecular formula is C15H13Cl4N. The molecule has 2 aromatic rings. The van der Waals surface area contributed by atoms with Crippen LogP contribution in [0.15, 0.2) is 36.4 Å². The van der Waals surface area contributed by atoms with Gasteiger partial charge in [0.25, 0.3) is 0 Å². The highest BCUT2D eigenvalue weighted by atomic mass is 35.5. The number of rotatable bonds is 5. The Hall–Kier alpha value is -0.440. The summed E-state index contributed by atoms with van der Waals surface area (Å²) in [5.41, 5.74) is 2.10. The van der Waals surface area contributed by atoms with Crippen LogP contribution in [0.1, 0.15) is 11.1 Å². The van der Waals surface area contributed by atoms with Gasteiger partial charge in [-0.3, -0.25) is 0 Å². The Kier molecular flexibility index (Phi) is 6.01. The van der Waals surface area contributed by atoms with E-state index in [1.54, 1.807) is 12.1 Å². The zero-order valence-corrected chi connectivity index (χ0v) is 13.6. The highest BCUT2D eigenvalue weighted by molar-refractivity contribution is 6.35. The maximum absolute atomic E-state index is 6.12. The molecule has 0 aliphatic carbocycles. The Morgan fingerprint density at radius 2 is 1.30 bits per heavy atom. The van der Waals surface area contributed by atoms with Crippen LogP contribution in [0.2, 0.25) is 20.1 Å². The van der Waals surface area contributed by atoms with E-state index >= 15 is 0 Å². The molecule has 0 heterocycles. The second-order valence-electron chi connectivity index (χ2n) is 4.40. The third-order valence-corrected chi connectivity index (χ3v) is 4.09. The summed E-state index contributed by atoms with van der Waals surface area (Å²) in [6.45, 7) is 1.50. The van der Waals surface area contributed by atoms with Crippen molar-refractivity contribution in [2.24, 2.45) is 0 Å². The number of benzene rings is 2. The highest BCUT2D eigenvalue weighted by Gasteiger charge is 2.03. The molecule has 0 radical (unpaired) electrons. The van der Waals surface area contributed by atoms with E-state index in [-0.39, 0.29) is 0 Å². The van der Waals surface area contributed by atoms with Crippen molar-refractivity contribution in [1.29, 1.82) is 0 Å². The van der Waals surface area contributed by atoms with E-state index in [0.717, 1.165) is 24.1 Å². The molecule has 0 saturated heterocycles. The molecule has 1 N–H and O–H groups in total. The van der Waals surface area contributed by atoms with Gasteiger partial charge in [-0.05, 0) is 48.4 Å². The molecular weight excluding hydrogens is 336 g/mol. The first kappa shape index (κ1) is 15.9. The summed E-state index contributed by atoms with van der Waals surface area (Å²) >= 11 is 23.9. The van der Waals surface area contributed by atoms with Gasteiger partial charge < -0.3 is 5.32 Å². The molecule has 2 rings (SSSR count). The number of hydrogen-bond donors (Lipinski definition) is 1. The summed E-state index contributed by atoms with van der Waals surface area (Å²) in [6.07, 6.45) is 0.835. The third kappa shape index (κ3) is 4.54. The van der Waals surface area contributed by atoms with Crippen LogP contribution in [0.25, 0.3) is 0 Å². The maximum atomic E-state index is 6.12. The fourth-order valence-corrected chi connectivity index (χ4v) is 2.81. The summed E-state index contributed by atoms with van der Waals surface area (Å²) in [6, 6.07) is 11.1. The molecule has 0 amide bonds. The van der Waals surface area contributed by atoms with Crippen molar-refractivity contribution in [3.05, 3.63) is 67.6 Å². The second-order valence-corrected chi connectivity index (χ2v) is 6.09. The summed E-state index contributed by atoms with van der Waals surface area (Å²) in [7, 11) is 0. The van der Waals surface area contributed by atoms with Gasteiger partial charge in [0.1, 0.15) is 0 Å². The molecule has 1 nitrogen and oxygen atoms in total. The molecule has 0 saturated carbocycles. The summed E-state index contributed by atoms with van der Waals surface area (Å²) in [4.78, 5) is 0. The van der Waals surface area contributed by atoms with Gasteiger partial charge in [-0.25, -0.2) is 0 Å². The van der Waals surface area contributed by atoms with Crippen LogP contribution in [-0.2, 0) is 13.0 Å². The average molecular weight is 349 g/mol. The van der Waals surface area contributed by atoms with Gasteiger partial charge in [0.15, 0.2) is 0 Å². The zero-order chi connectivity index (χ0) is 14.5. The third-order valence-electron chi connectivity index (χ3n) is 2.92. The SMILES string of the molecule is Clc1ccc(CCNCc2ccc(Cl)cc2Cl)c(Cl)c1. The normalized spacial score (nSPS) is 10.8. The Balaban J connectivity index is 1.84. The Morgan fingerprint density at radius 1 is 0.750 bits per heavy atom. The smallest absolute Gasteiger partial charge is 0.0465 e. The summed E-state index contributed by atoms with van der Waals surface area (Å²) in [5.74, 6) is 0. The zero-order valence-electron chi connectivity index (χ0n) is 10.6. The quantitative estimate of drug-likeness (QED) is 0.690. The lowest BCUT2D eigenvalue weighted by Crippen LogP contribution is -2.17. The molecule has 0 bridgehead atoms. The highest BCUT2D eigenvalue weighted by Crippen LogP contribution is 2.22. The van der Waals surface area contributed by atoms with E-state index in [2.05, 4.69) is 5.32 Å². The van der Waals surface area contributed by atoms with Crippen molar-refractivity contribution < 1.29 is 0 Å². The molecule has 20 heavy (non-hydrogen) atoms. The minimum atomic E-state index is 0.645. The van der Waals surface area contributed by atoms with Gasteiger partial charge in [-0.15, -0.1) is 0 Å².